The SMILES string of the molecule is COc1cc(F)c(C2CCCCN2)cc1OC. The summed E-state index contributed by atoms with van der Waals surface area (Å²) in [6.07, 6.45) is 3.25. The zero-order chi connectivity index (χ0) is 12.3. The number of hydrogen-bond donors (Lipinski definition) is 1. The number of methoxy groups -OCH3 is 2. The molecule has 1 N–H and O–H groups in total. The Morgan fingerprint density at radius 1 is 1.18 bits per heavy atom. The Balaban J connectivity index is 2.32. The van der Waals surface area contributed by atoms with Crippen LogP contribution in [0.1, 0.15) is 30.9 Å². The van der Waals surface area contributed by atoms with E-state index >= 15 is 0 Å². The highest BCUT2D eigenvalue weighted by Gasteiger charge is 2.20. The summed E-state index contributed by atoms with van der Waals surface area (Å²) in [7, 11) is 3.07. The standard InChI is InChI=1S/C13H18FNO2/c1-16-12-7-9(10(14)8-13(12)17-2)11-5-3-4-6-15-11/h7-8,11,15H,3-6H2,1-2H3. The van der Waals surface area contributed by atoms with Crippen LogP contribution in [0.4, 0.5) is 4.39 Å². The van der Waals surface area contributed by atoms with Gasteiger partial charge in [-0.1, -0.05) is 6.42 Å². The van der Waals surface area contributed by atoms with E-state index in [1.807, 2.05) is 0 Å². The predicted octanol–water partition coefficient (Wildman–Crippen LogP) is 2.66. The minimum Gasteiger partial charge on any atom is -0.493 e. The zero-order valence-corrected chi connectivity index (χ0v) is 10.3. The van der Waals surface area contributed by atoms with E-state index in [9.17, 15) is 4.39 Å². The first-order valence-electron chi connectivity index (χ1n) is 5.91. The van der Waals surface area contributed by atoms with E-state index in [-0.39, 0.29) is 11.9 Å². The van der Waals surface area contributed by atoms with Gasteiger partial charge < -0.3 is 14.8 Å². The normalized spacial score (nSPS) is 20.1. The molecular weight excluding hydrogens is 221 g/mol. The van der Waals surface area contributed by atoms with Gasteiger partial charge >= 0.3 is 0 Å². The number of nitrogens with one attached hydrogen (secondary N) is 1. The van der Waals surface area contributed by atoms with Crippen LogP contribution in [0.2, 0.25) is 0 Å². The van der Waals surface area contributed by atoms with E-state index in [1.165, 1.54) is 13.2 Å². The van der Waals surface area contributed by atoms with Gasteiger partial charge in [0.15, 0.2) is 11.5 Å². The summed E-state index contributed by atoms with van der Waals surface area (Å²) < 4.78 is 24.2. The highest BCUT2D eigenvalue weighted by atomic mass is 19.1. The molecule has 1 fully saturated rings. The van der Waals surface area contributed by atoms with E-state index in [0.717, 1.165) is 25.8 Å². The van der Waals surface area contributed by atoms with Crippen molar-refractivity contribution in [2.75, 3.05) is 20.8 Å². The van der Waals surface area contributed by atoms with E-state index in [0.29, 0.717) is 17.1 Å². The van der Waals surface area contributed by atoms with Gasteiger partial charge in [-0.15, -0.1) is 0 Å². The van der Waals surface area contributed by atoms with Gasteiger partial charge in [0.25, 0.3) is 0 Å². The van der Waals surface area contributed by atoms with Gasteiger partial charge in [0, 0.05) is 17.7 Å². The van der Waals surface area contributed by atoms with Crippen LogP contribution in [-0.2, 0) is 0 Å². The molecule has 0 saturated carbocycles. The van der Waals surface area contributed by atoms with Crippen LogP contribution in [0.25, 0.3) is 0 Å². The minimum atomic E-state index is -0.234. The first-order chi connectivity index (χ1) is 8.26. The van der Waals surface area contributed by atoms with Gasteiger partial charge in [-0.25, -0.2) is 4.39 Å². The molecule has 1 atom stereocenters. The molecule has 1 unspecified atom stereocenters. The van der Waals surface area contributed by atoms with Crippen molar-refractivity contribution < 1.29 is 13.9 Å². The Kier molecular flexibility index (Phi) is 3.84. The third-order valence-corrected chi connectivity index (χ3v) is 3.19. The van der Waals surface area contributed by atoms with Gasteiger partial charge in [-0.3, -0.25) is 0 Å². The first kappa shape index (κ1) is 12.2. The fourth-order valence-electron chi connectivity index (χ4n) is 2.25. The van der Waals surface area contributed by atoms with Gasteiger partial charge in [0.1, 0.15) is 5.82 Å². The maximum absolute atomic E-state index is 14.0. The molecule has 1 saturated heterocycles. The Labute approximate surface area is 101 Å². The molecular formula is C13H18FNO2. The molecule has 1 heterocycles. The Hall–Kier alpha value is -1.29. The molecule has 0 bridgehead atoms. The van der Waals surface area contributed by atoms with E-state index in [2.05, 4.69) is 5.32 Å². The molecule has 4 heteroatoms. The molecule has 0 amide bonds. The summed E-state index contributed by atoms with van der Waals surface area (Å²) in [5.74, 6) is 0.780. The van der Waals surface area contributed by atoms with Crippen LogP contribution in [0.5, 0.6) is 11.5 Å². The lowest BCUT2D eigenvalue weighted by Gasteiger charge is -2.25. The number of ether oxygens (including phenoxy) is 2. The van der Waals surface area contributed by atoms with Gasteiger partial charge in [0.2, 0.25) is 0 Å². The van der Waals surface area contributed by atoms with Gasteiger partial charge in [-0.05, 0) is 25.5 Å². The van der Waals surface area contributed by atoms with E-state index in [4.69, 9.17) is 9.47 Å². The summed E-state index contributed by atoms with van der Waals surface area (Å²) in [4.78, 5) is 0. The summed E-state index contributed by atoms with van der Waals surface area (Å²) in [6.45, 7) is 0.943. The van der Waals surface area contributed by atoms with Gasteiger partial charge in [-0.2, -0.15) is 0 Å². The largest absolute Gasteiger partial charge is 0.493 e. The Morgan fingerprint density at radius 3 is 2.47 bits per heavy atom. The van der Waals surface area contributed by atoms with E-state index in [1.54, 1.807) is 13.2 Å². The lowest BCUT2D eigenvalue weighted by atomic mass is 9.97. The van der Waals surface area contributed by atoms with E-state index < -0.39 is 0 Å². The number of halogens is 1. The van der Waals surface area contributed by atoms with Crippen molar-refractivity contribution in [2.24, 2.45) is 0 Å². The molecule has 1 aromatic carbocycles. The monoisotopic (exact) mass is 239 g/mol. The van der Waals surface area contributed by atoms with Crippen molar-refractivity contribution in [1.82, 2.24) is 5.32 Å². The summed E-state index contributed by atoms with van der Waals surface area (Å²) in [5.41, 5.74) is 0.669. The summed E-state index contributed by atoms with van der Waals surface area (Å²) in [6, 6.07) is 3.21. The topological polar surface area (TPSA) is 30.5 Å². The quantitative estimate of drug-likeness (QED) is 0.879. The molecule has 1 aromatic rings. The Morgan fingerprint density at radius 2 is 1.88 bits per heavy atom. The molecule has 1 aliphatic rings. The van der Waals surface area contributed by atoms with Crippen molar-refractivity contribution in [3.05, 3.63) is 23.5 Å². The Bertz CT molecular complexity index is 389. The summed E-state index contributed by atoms with van der Waals surface area (Å²) in [5, 5.41) is 3.33. The third kappa shape index (κ3) is 2.52. The maximum atomic E-state index is 14.0. The van der Waals surface area contributed by atoms with Crippen molar-refractivity contribution in [3.8, 4) is 11.5 Å². The molecule has 0 aromatic heterocycles. The first-order valence-corrected chi connectivity index (χ1v) is 5.91. The van der Waals surface area contributed by atoms with Gasteiger partial charge in [0.05, 0.1) is 14.2 Å². The molecule has 0 spiro atoms. The lowest BCUT2D eigenvalue weighted by Crippen LogP contribution is -2.27. The average molecular weight is 239 g/mol. The van der Waals surface area contributed by atoms with Crippen molar-refractivity contribution in [3.63, 3.8) is 0 Å². The fraction of sp³-hybridized carbons (Fsp3) is 0.538. The molecule has 0 radical (unpaired) electrons. The molecule has 17 heavy (non-hydrogen) atoms. The molecule has 1 aliphatic heterocycles. The molecule has 3 nitrogen and oxygen atoms in total. The van der Waals surface area contributed by atoms with Crippen LogP contribution >= 0.6 is 0 Å². The number of hydrogen-bond acceptors (Lipinski definition) is 3. The predicted molar refractivity (Wildman–Crippen MR) is 64.1 cm³/mol. The fourth-order valence-corrected chi connectivity index (χ4v) is 2.25. The second-order valence-corrected chi connectivity index (χ2v) is 4.23. The molecule has 2 rings (SSSR count). The number of piperidine rings is 1. The number of rotatable bonds is 3. The average Bonchev–Trinajstić information content (AvgIpc) is 2.39. The number of benzene rings is 1. The van der Waals surface area contributed by atoms with Crippen molar-refractivity contribution >= 4 is 0 Å². The minimum absolute atomic E-state index is 0.0866. The van der Waals surface area contributed by atoms with Crippen molar-refractivity contribution in [1.29, 1.82) is 0 Å². The third-order valence-electron chi connectivity index (χ3n) is 3.19. The van der Waals surface area contributed by atoms with Crippen LogP contribution < -0.4 is 14.8 Å². The second-order valence-electron chi connectivity index (χ2n) is 4.23. The highest BCUT2D eigenvalue weighted by molar-refractivity contribution is 5.44. The summed E-state index contributed by atoms with van der Waals surface area (Å²) >= 11 is 0. The van der Waals surface area contributed by atoms with Crippen LogP contribution in [0.15, 0.2) is 12.1 Å². The molecule has 0 aliphatic carbocycles. The van der Waals surface area contributed by atoms with Crippen molar-refractivity contribution in [2.45, 2.75) is 25.3 Å². The van der Waals surface area contributed by atoms with Crippen LogP contribution in [0, 0.1) is 5.82 Å². The highest BCUT2D eigenvalue weighted by Crippen LogP contribution is 2.34. The zero-order valence-electron chi connectivity index (χ0n) is 10.3. The molecule has 94 valence electrons. The maximum Gasteiger partial charge on any atom is 0.163 e. The lowest BCUT2D eigenvalue weighted by molar-refractivity contribution is 0.347. The smallest absolute Gasteiger partial charge is 0.163 e. The van der Waals surface area contributed by atoms with Crippen LogP contribution in [-0.4, -0.2) is 20.8 Å². The van der Waals surface area contributed by atoms with Crippen LogP contribution in [0.3, 0.4) is 0 Å². The second kappa shape index (κ2) is 5.36.